The van der Waals surface area contributed by atoms with Gasteiger partial charge in [-0.1, -0.05) is 91.0 Å². The van der Waals surface area contributed by atoms with Gasteiger partial charge in [0.05, 0.1) is 19.8 Å². The van der Waals surface area contributed by atoms with Crippen molar-refractivity contribution in [2.24, 2.45) is 0 Å². The summed E-state index contributed by atoms with van der Waals surface area (Å²) in [7, 11) is 2.95. The maximum absolute atomic E-state index is 13.2. The zero-order chi connectivity index (χ0) is 22.4. The number of hydrogen-bond donors (Lipinski definition) is 2. The molecule has 4 rings (SSSR count). The van der Waals surface area contributed by atoms with E-state index in [2.05, 4.69) is 47.0 Å². The van der Waals surface area contributed by atoms with Gasteiger partial charge >= 0.3 is 5.97 Å². The molecule has 1 unspecified atom stereocenters. The second kappa shape index (κ2) is 9.12. The van der Waals surface area contributed by atoms with Crippen molar-refractivity contribution in [1.29, 1.82) is 0 Å². The van der Waals surface area contributed by atoms with Crippen LogP contribution < -0.4 is 10.6 Å². The molecule has 1 aliphatic heterocycles. The first-order valence-corrected chi connectivity index (χ1v) is 10.4. The van der Waals surface area contributed by atoms with Crippen molar-refractivity contribution >= 4 is 5.97 Å². The smallest absolute Gasteiger partial charge is 0.351 e. The number of allylic oxidation sites excluding steroid dienone is 1. The number of benzene rings is 3. The number of nitrogens with one attached hydrogen (secondary N) is 2. The van der Waals surface area contributed by atoms with E-state index in [4.69, 9.17) is 9.47 Å². The zero-order valence-corrected chi connectivity index (χ0v) is 18.1. The molecule has 1 atom stereocenters. The number of methoxy groups -OCH3 is 2. The topological polar surface area (TPSA) is 59.6 Å². The Balaban J connectivity index is 2.02. The van der Waals surface area contributed by atoms with Crippen LogP contribution in [0.4, 0.5) is 0 Å². The largest absolute Gasteiger partial charge is 0.497 e. The van der Waals surface area contributed by atoms with Crippen molar-refractivity contribution in [2.45, 2.75) is 11.2 Å². The summed E-state index contributed by atoms with van der Waals surface area (Å²) < 4.78 is 10.7. The first-order chi connectivity index (χ1) is 15.6. The van der Waals surface area contributed by atoms with E-state index in [1.54, 1.807) is 25.5 Å². The SMILES string of the molecule is COC(=O)C1(NC(c2ccccc2)(c2ccccc2)c2ccccc2)C=C(OC)C=CN1. The summed E-state index contributed by atoms with van der Waals surface area (Å²) >= 11 is 0. The number of carbonyl (C=O) groups is 1. The van der Waals surface area contributed by atoms with E-state index < -0.39 is 17.2 Å². The maximum atomic E-state index is 13.2. The van der Waals surface area contributed by atoms with Crippen molar-refractivity contribution in [3.8, 4) is 0 Å². The molecule has 5 nitrogen and oxygen atoms in total. The molecule has 5 heteroatoms. The molecule has 0 saturated heterocycles. The second-order valence-electron chi connectivity index (χ2n) is 7.50. The summed E-state index contributed by atoms with van der Waals surface area (Å²) in [6.45, 7) is 0. The summed E-state index contributed by atoms with van der Waals surface area (Å²) in [4.78, 5) is 13.2. The van der Waals surface area contributed by atoms with E-state index in [0.717, 1.165) is 16.7 Å². The van der Waals surface area contributed by atoms with Gasteiger partial charge in [-0.15, -0.1) is 0 Å². The van der Waals surface area contributed by atoms with E-state index in [0.29, 0.717) is 5.76 Å². The van der Waals surface area contributed by atoms with Crippen LogP contribution >= 0.6 is 0 Å². The van der Waals surface area contributed by atoms with Crippen molar-refractivity contribution in [1.82, 2.24) is 10.6 Å². The van der Waals surface area contributed by atoms with E-state index in [-0.39, 0.29) is 0 Å². The highest BCUT2D eigenvalue weighted by atomic mass is 16.5. The highest BCUT2D eigenvalue weighted by Gasteiger charge is 2.48. The second-order valence-corrected chi connectivity index (χ2v) is 7.50. The quantitative estimate of drug-likeness (QED) is 0.440. The highest BCUT2D eigenvalue weighted by Crippen LogP contribution is 2.39. The van der Waals surface area contributed by atoms with Crippen molar-refractivity contribution in [3.63, 3.8) is 0 Å². The molecule has 32 heavy (non-hydrogen) atoms. The molecular weight excluding hydrogens is 400 g/mol. The number of rotatable bonds is 7. The molecule has 1 aliphatic rings. The number of ether oxygens (including phenoxy) is 2. The maximum Gasteiger partial charge on any atom is 0.351 e. The van der Waals surface area contributed by atoms with Crippen LogP contribution in [0.2, 0.25) is 0 Å². The van der Waals surface area contributed by atoms with Crippen molar-refractivity contribution < 1.29 is 14.3 Å². The van der Waals surface area contributed by atoms with Gasteiger partial charge in [-0.05, 0) is 22.8 Å². The minimum absolute atomic E-state index is 0.483. The predicted octanol–water partition coefficient (Wildman–Crippen LogP) is 4.08. The Bertz CT molecular complexity index is 1010. The van der Waals surface area contributed by atoms with Crippen LogP contribution in [-0.2, 0) is 19.8 Å². The average Bonchev–Trinajstić information content (AvgIpc) is 2.88. The molecule has 3 aromatic carbocycles. The molecule has 1 heterocycles. The molecule has 0 saturated carbocycles. The van der Waals surface area contributed by atoms with Crippen LogP contribution in [0.3, 0.4) is 0 Å². The first kappa shape index (κ1) is 21.4. The fourth-order valence-electron chi connectivity index (χ4n) is 4.16. The van der Waals surface area contributed by atoms with Gasteiger partial charge in [0.1, 0.15) is 5.76 Å². The van der Waals surface area contributed by atoms with Gasteiger partial charge in [-0.3, -0.25) is 5.32 Å². The van der Waals surface area contributed by atoms with E-state index in [1.807, 2.05) is 54.6 Å². The fraction of sp³-hybridized carbons (Fsp3) is 0.148. The van der Waals surface area contributed by atoms with Gasteiger partial charge in [0.2, 0.25) is 5.66 Å². The molecule has 0 radical (unpaired) electrons. The average molecular weight is 427 g/mol. The van der Waals surface area contributed by atoms with Crippen LogP contribution in [0.5, 0.6) is 0 Å². The fourth-order valence-corrected chi connectivity index (χ4v) is 4.16. The summed E-state index contributed by atoms with van der Waals surface area (Å²) in [5.41, 5.74) is 0.667. The lowest BCUT2D eigenvalue weighted by molar-refractivity contribution is -0.148. The Kier molecular flexibility index (Phi) is 6.10. The molecule has 0 bridgehead atoms. The third kappa shape index (κ3) is 3.79. The van der Waals surface area contributed by atoms with Crippen LogP contribution in [0, 0.1) is 0 Å². The monoisotopic (exact) mass is 426 g/mol. The van der Waals surface area contributed by atoms with Gasteiger partial charge in [0, 0.05) is 12.3 Å². The van der Waals surface area contributed by atoms with Crippen molar-refractivity contribution in [2.75, 3.05) is 14.2 Å². The Labute approximate surface area is 188 Å². The van der Waals surface area contributed by atoms with Gasteiger partial charge in [-0.2, -0.15) is 0 Å². The summed E-state index contributed by atoms with van der Waals surface area (Å²) in [6.07, 6.45) is 5.16. The number of carbonyl (C=O) groups excluding carboxylic acids is 1. The van der Waals surface area contributed by atoms with E-state index >= 15 is 0 Å². The third-order valence-corrected chi connectivity index (χ3v) is 5.67. The Morgan fingerprint density at radius 1 is 0.812 bits per heavy atom. The molecule has 0 aliphatic carbocycles. The molecule has 0 fully saturated rings. The Morgan fingerprint density at radius 3 is 1.69 bits per heavy atom. The van der Waals surface area contributed by atoms with E-state index in [1.165, 1.54) is 7.11 Å². The van der Waals surface area contributed by atoms with Crippen LogP contribution in [0.15, 0.2) is 115 Å². The van der Waals surface area contributed by atoms with E-state index in [9.17, 15) is 4.79 Å². The summed E-state index contributed by atoms with van der Waals surface area (Å²) in [6, 6.07) is 30.2. The molecule has 0 spiro atoms. The normalized spacial score (nSPS) is 17.8. The lowest BCUT2D eigenvalue weighted by Crippen LogP contribution is -2.67. The Morgan fingerprint density at radius 2 is 1.28 bits per heavy atom. The molecule has 162 valence electrons. The van der Waals surface area contributed by atoms with Crippen LogP contribution in [0.25, 0.3) is 0 Å². The van der Waals surface area contributed by atoms with Gasteiger partial charge in [0.15, 0.2) is 0 Å². The number of dihydropyridines is 1. The van der Waals surface area contributed by atoms with Crippen molar-refractivity contribution in [3.05, 3.63) is 132 Å². The van der Waals surface area contributed by atoms with Gasteiger partial charge < -0.3 is 14.8 Å². The van der Waals surface area contributed by atoms with Crippen LogP contribution in [-0.4, -0.2) is 25.9 Å². The summed E-state index contributed by atoms with van der Waals surface area (Å²) in [5.74, 6) is 0.0632. The minimum atomic E-state index is -1.38. The number of esters is 1. The minimum Gasteiger partial charge on any atom is -0.497 e. The molecular formula is C27H26N2O3. The number of hydrogen-bond acceptors (Lipinski definition) is 5. The first-order valence-electron chi connectivity index (χ1n) is 10.4. The molecule has 3 aromatic rings. The van der Waals surface area contributed by atoms with Gasteiger partial charge in [0.25, 0.3) is 0 Å². The summed E-state index contributed by atoms with van der Waals surface area (Å²) in [5, 5.41) is 6.84. The highest BCUT2D eigenvalue weighted by molar-refractivity contribution is 5.84. The molecule has 0 amide bonds. The lowest BCUT2D eigenvalue weighted by atomic mass is 9.75. The molecule has 2 N–H and O–H groups in total. The Hall–Kier alpha value is -3.83. The third-order valence-electron chi connectivity index (χ3n) is 5.67. The lowest BCUT2D eigenvalue weighted by Gasteiger charge is -2.44. The van der Waals surface area contributed by atoms with Gasteiger partial charge in [-0.25, -0.2) is 4.79 Å². The standard InChI is InChI=1S/C27H26N2O3/c1-31-24-18-19-28-26(20-24,25(30)32-2)29-27(21-12-6-3-7-13-21,22-14-8-4-9-15-22)23-16-10-5-11-17-23/h3-20,28-29H,1-2H3. The predicted molar refractivity (Wildman–Crippen MR) is 124 cm³/mol. The molecule has 0 aromatic heterocycles. The zero-order valence-electron chi connectivity index (χ0n) is 18.1. The van der Waals surface area contributed by atoms with Crippen LogP contribution in [0.1, 0.15) is 16.7 Å².